The van der Waals surface area contributed by atoms with Crippen molar-refractivity contribution in [1.29, 1.82) is 0 Å². The van der Waals surface area contributed by atoms with Crippen molar-refractivity contribution in [2.75, 3.05) is 0 Å². The smallest absolute Gasteiger partial charge is 0.326 e. The van der Waals surface area contributed by atoms with Crippen molar-refractivity contribution in [2.24, 2.45) is 0 Å². The number of aliphatic carboxylic acids is 1. The summed E-state index contributed by atoms with van der Waals surface area (Å²) < 4.78 is 0. The van der Waals surface area contributed by atoms with Crippen LogP contribution in [0.2, 0.25) is 0 Å². The number of hydrogen-bond acceptors (Lipinski definition) is 2. The molecule has 3 N–H and O–H groups in total. The molecule has 0 saturated heterocycles. The maximum Gasteiger partial charge on any atom is 0.326 e. The molecule has 0 heterocycles. The Morgan fingerprint density at radius 2 is 1.55 bits per heavy atom. The van der Waals surface area contributed by atoms with Gasteiger partial charge in [0.25, 0.3) is 0 Å². The van der Waals surface area contributed by atoms with E-state index >= 15 is 0 Å². The molecule has 114 valence electrons. The molecule has 4 nitrogen and oxygen atoms in total. The summed E-state index contributed by atoms with van der Waals surface area (Å²) in [5.74, 6) is -0.923. The number of nitrogens with one attached hydrogen (secondary N) is 2. The van der Waals surface area contributed by atoms with E-state index in [0.717, 1.165) is 11.1 Å². The maximum absolute atomic E-state index is 11.4. The van der Waals surface area contributed by atoms with Gasteiger partial charge in [-0.05, 0) is 23.3 Å². The van der Waals surface area contributed by atoms with E-state index in [-0.39, 0.29) is 0 Å². The van der Waals surface area contributed by atoms with E-state index in [1.807, 2.05) is 60.7 Å². The highest BCUT2D eigenvalue weighted by atomic mass is 32.1. The molecule has 2 rings (SSSR count). The number of carbonyl (C=O) groups is 1. The van der Waals surface area contributed by atoms with Gasteiger partial charge in [-0.15, -0.1) is 0 Å². The van der Waals surface area contributed by atoms with Crippen LogP contribution in [0, 0.1) is 0 Å². The fourth-order valence-corrected chi connectivity index (χ4v) is 2.25. The minimum absolute atomic E-state index is 0.340. The third-order valence-electron chi connectivity index (χ3n) is 3.18. The predicted octanol–water partition coefficient (Wildman–Crippen LogP) is 2.35. The van der Waals surface area contributed by atoms with Crippen molar-refractivity contribution in [1.82, 2.24) is 10.6 Å². The van der Waals surface area contributed by atoms with Crippen LogP contribution in [0.25, 0.3) is 0 Å². The first-order valence-corrected chi connectivity index (χ1v) is 7.41. The number of carboxylic acid groups (broad SMARTS) is 1. The lowest BCUT2D eigenvalue weighted by Crippen LogP contribution is -2.46. The van der Waals surface area contributed by atoms with Gasteiger partial charge in [0.1, 0.15) is 6.04 Å². The summed E-state index contributed by atoms with van der Waals surface area (Å²) in [6.07, 6.45) is 0.378. The quantitative estimate of drug-likeness (QED) is 0.715. The minimum Gasteiger partial charge on any atom is -0.480 e. The van der Waals surface area contributed by atoms with Crippen molar-refractivity contribution in [3.05, 3.63) is 71.8 Å². The van der Waals surface area contributed by atoms with Crippen LogP contribution < -0.4 is 10.6 Å². The van der Waals surface area contributed by atoms with Gasteiger partial charge in [-0.3, -0.25) is 0 Å². The third-order valence-corrected chi connectivity index (χ3v) is 3.44. The molecule has 0 aliphatic carbocycles. The number of hydrogen-bond donors (Lipinski definition) is 3. The molecule has 0 fully saturated rings. The van der Waals surface area contributed by atoms with E-state index in [1.54, 1.807) is 0 Å². The Labute approximate surface area is 135 Å². The number of rotatable bonds is 6. The highest BCUT2D eigenvalue weighted by Crippen LogP contribution is 2.04. The van der Waals surface area contributed by atoms with Crippen molar-refractivity contribution in [3.63, 3.8) is 0 Å². The van der Waals surface area contributed by atoms with Crippen LogP contribution in [0.15, 0.2) is 60.7 Å². The predicted molar refractivity (Wildman–Crippen MR) is 90.6 cm³/mol. The fourth-order valence-electron chi connectivity index (χ4n) is 2.04. The summed E-state index contributed by atoms with van der Waals surface area (Å²) in [6.45, 7) is 0.560. The molecule has 0 saturated carbocycles. The zero-order valence-corrected chi connectivity index (χ0v) is 12.8. The van der Waals surface area contributed by atoms with E-state index in [9.17, 15) is 9.90 Å². The lowest BCUT2D eigenvalue weighted by Gasteiger charge is -2.17. The van der Waals surface area contributed by atoms with Crippen molar-refractivity contribution < 1.29 is 9.90 Å². The Balaban J connectivity index is 1.88. The van der Waals surface area contributed by atoms with Crippen molar-refractivity contribution in [2.45, 2.75) is 19.0 Å². The van der Waals surface area contributed by atoms with Crippen LogP contribution >= 0.6 is 12.2 Å². The largest absolute Gasteiger partial charge is 0.480 e. The zero-order valence-electron chi connectivity index (χ0n) is 12.0. The van der Waals surface area contributed by atoms with E-state index in [4.69, 9.17) is 12.2 Å². The van der Waals surface area contributed by atoms with Crippen LogP contribution in [0.3, 0.4) is 0 Å². The molecular formula is C17H18N2O2S. The monoisotopic (exact) mass is 314 g/mol. The van der Waals surface area contributed by atoms with Gasteiger partial charge < -0.3 is 15.7 Å². The van der Waals surface area contributed by atoms with Crippen molar-refractivity contribution in [3.8, 4) is 0 Å². The summed E-state index contributed by atoms with van der Waals surface area (Å²) in [5.41, 5.74) is 2.04. The Hall–Kier alpha value is -2.40. The molecule has 0 bridgehead atoms. The molecule has 5 heteroatoms. The fraction of sp³-hybridized carbons (Fsp3) is 0.176. The molecule has 0 aromatic heterocycles. The van der Waals surface area contributed by atoms with Gasteiger partial charge in [0.05, 0.1) is 0 Å². The van der Waals surface area contributed by atoms with Gasteiger partial charge in [-0.2, -0.15) is 0 Å². The molecule has 0 radical (unpaired) electrons. The van der Waals surface area contributed by atoms with Crippen LogP contribution in [0.4, 0.5) is 0 Å². The summed E-state index contributed by atoms with van der Waals surface area (Å²) >= 11 is 5.18. The lowest BCUT2D eigenvalue weighted by molar-refractivity contribution is -0.139. The molecule has 0 aliphatic rings. The first-order chi connectivity index (χ1) is 10.6. The molecule has 0 amide bonds. The molecule has 22 heavy (non-hydrogen) atoms. The minimum atomic E-state index is -0.923. The molecule has 0 aliphatic heterocycles. The van der Waals surface area contributed by atoms with E-state index in [2.05, 4.69) is 10.6 Å². The van der Waals surface area contributed by atoms with Crippen LogP contribution in [0.1, 0.15) is 11.1 Å². The average molecular weight is 314 g/mol. The van der Waals surface area contributed by atoms with Gasteiger partial charge >= 0.3 is 5.97 Å². The lowest BCUT2D eigenvalue weighted by atomic mass is 10.1. The molecule has 2 aromatic rings. The highest BCUT2D eigenvalue weighted by Gasteiger charge is 2.18. The average Bonchev–Trinajstić information content (AvgIpc) is 2.54. The molecule has 1 unspecified atom stereocenters. The topological polar surface area (TPSA) is 61.4 Å². The number of thiocarbonyl (C=S) groups is 1. The maximum atomic E-state index is 11.4. The molecular weight excluding hydrogens is 296 g/mol. The SMILES string of the molecule is O=C(O)C(Cc1ccccc1)NC(=S)NCc1ccccc1. The normalized spacial score (nSPS) is 11.5. The third kappa shape index (κ3) is 5.18. The van der Waals surface area contributed by atoms with Crippen LogP contribution in [0.5, 0.6) is 0 Å². The first kappa shape index (κ1) is 16.0. The van der Waals surface area contributed by atoms with Gasteiger partial charge in [0, 0.05) is 13.0 Å². The Morgan fingerprint density at radius 1 is 1.00 bits per heavy atom. The van der Waals surface area contributed by atoms with E-state index in [0.29, 0.717) is 18.1 Å². The van der Waals surface area contributed by atoms with Gasteiger partial charge in [0.2, 0.25) is 0 Å². The summed E-state index contributed by atoms with van der Waals surface area (Å²) in [7, 11) is 0. The number of carboxylic acids is 1. The summed E-state index contributed by atoms with van der Waals surface area (Å²) in [5, 5.41) is 15.5. The zero-order chi connectivity index (χ0) is 15.8. The second kappa shape index (κ2) is 8.14. The Kier molecular flexibility index (Phi) is 5.91. The van der Waals surface area contributed by atoms with E-state index in [1.165, 1.54) is 0 Å². The Morgan fingerprint density at radius 3 is 2.09 bits per heavy atom. The van der Waals surface area contributed by atoms with Crippen molar-refractivity contribution >= 4 is 23.3 Å². The molecule has 2 aromatic carbocycles. The van der Waals surface area contributed by atoms with Gasteiger partial charge in [0.15, 0.2) is 5.11 Å². The van der Waals surface area contributed by atoms with Gasteiger partial charge in [-0.1, -0.05) is 60.7 Å². The van der Waals surface area contributed by atoms with Crippen LogP contribution in [-0.4, -0.2) is 22.2 Å². The summed E-state index contributed by atoms with van der Waals surface area (Å²) in [6, 6.07) is 18.5. The second-order valence-electron chi connectivity index (χ2n) is 4.89. The number of benzene rings is 2. The first-order valence-electron chi connectivity index (χ1n) is 7.00. The standard InChI is InChI=1S/C17H18N2O2S/c20-16(21)15(11-13-7-3-1-4-8-13)19-17(22)18-12-14-9-5-2-6-10-14/h1-10,15H,11-12H2,(H,20,21)(H2,18,19,22). The Bertz CT molecular complexity index is 617. The molecule has 1 atom stereocenters. The van der Waals surface area contributed by atoms with Crippen LogP contribution in [-0.2, 0) is 17.8 Å². The van der Waals surface area contributed by atoms with Gasteiger partial charge in [-0.25, -0.2) is 4.79 Å². The second-order valence-corrected chi connectivity index (χ2v) is 5.30. The summed E-state index contributed by atoms with van der Waals surface area (Å²) in [4.78, 5) is 11.4. The van der Waals surface area contributed by atoms with E-state index < -0.39 is 12.0 Å². The highest BCUT2D eigenvalue weighted by molar-refractivity contribution is 7.80. The molecule has 0 spiro atoms.